The van der Waals surface area contributed by atoms with Gasteiger partial charge in [0.05, 0.1) is 19.3 Å². The fourth-order valence-corrected chi connectivity index (χ4v) is 6.52. The molecule has 0 radical (unpaired) electrons. The van der Waals surface area contributed by atoms with Crippen LogP contribution >= 0.6 is 0 Å². The molecule has 0 aromatic rings. The summed E-state index contributed by atoms with van der Waals surface area (Å²) in [4.78, 5) is 0. The second-order valence-corrected chi connectivity index (χ2v) is 11.7. The van der Waals surface area contributed by atoms with E-state index in [1.807, 2.05) is 0 Å². The van der Waals surface area contributed by atoms with Gasteiger partial charge in [-0.2, -0.15) is 0 Å². The lowest BCUT2D eigenvalue weighted by atomic mass is 9.70. The Labute approximate surface area is 231 Å². The van der Waals surface area contributed by atoms with Crippen LogP contribution in [0.3, 0.4) is 0 Å². The molecule has 216 valence electrons. The highest BCUT2D eigenvalue weighted by Gasteiger charge is 2.40. The molecule has 0 spiro atoms. The zero-order chi connectivity index (χ0) is 27.9. The lowest BCUT2D eigenvalue weighted by Crippen LogP contribution is -2.28. The molecule has 6 heteroatoms. The molecule has 0 bridgehead atoms. The van der Waals surface area contributed by atoms with Crippen LogP contribution in [0.4, 0.5) is 17.6 Å². The van der Waals surface area contributed by atoms with Crippen molar-refractivity contribution in [2.45, 2.75) is 90.6 Å². The van der Waals surface area contributed by atoms with Gasteiger partial charge in [0, 0.05) is 23.3 Å². The number of ether oxygens (including phenoxy) is 2. The van der Waals surface area contributed by atoms with Gasteiger partial charge in [-0.25, -0.2) is 17.6 Å². The van der Waals surface area contributed by atoms with Gasteiger partial charge in [0.2, 0.25) is 0 Å². The van der Waals surface area contributed by atoms with Gasteiger partial charge in [-0.1, -0.05) is 70.3 Å². The maximum atomic E-state index is 15.1. The monoisotopic (exact) mass is 548 g/mol. The summed E-state index contributed by atoms with van der Waals surface area (Å²) in [6.07, 6.45) is 17.2. The maximum Gasteiger partial charge on any atom is 0.162 e. The molecule has 0 N–H and O–H groups in total. The first kappa shape index (κ1) is 29.9. The van der Waals surface area contributed by atoms with E-state index < -0.39 is 35.1 Å². The van der Waals surface area contributed by atoms with E-state index in [-0.39, 0.29) is 35.9 Å². The van der Waals surface area contributed by atoms with Crippen molar-refractivity contribution in [3.8, 4) is 0 Å². The molecule has 4 rings (SSSR count). The molecule has 4 aliphatic rings. The van der Waals surface area contributed by atoms with Gasteiger partial charge in [-0.3, -0.25) is 0 Å². The molecular formula is C33H44F4O2. The average molecular weight is 549 g/mol. The number of rotatable bonds is 12. The zero-order valence-electron chi connectivity index (χ0n) is 23.5. The molecule has 0 amide bonds. The van der Waals surface area contributed by atoms with E-state index in [2.05, 4.69) is 13.5 Å². The Morgan fingerprint density at radius 2 is 1.72 bits per heavy atom. The summed E-state index contributed by atoms with van der Waals surface area (Å²) in [6, 6.07) is 0. The van der Waals surface area contributed by atoms with Crippen LogP contribution in [0.25, 0.3) is 0 Å². The van der Waals surface area contributed by atoms with E-state index in [0.29, 0.717) is 31.4 Å². The molecule has 3 aliphatic carbocycles. The minimum absolute atomic E-state index is 0.000848. The van der Waals surface area contributed by atoms with Crippen LogP contribution in [0, 0.1) is 29.6 Å². The highest BCUT2D eigenvalue weighted by atomic mass is 19.2. The molecule has 1 heterocycles. The number of unbranched alkanes of at least 4 members (excludes halogenated alkanes) is 2. The summed E-state index contributed by atoms with van der Waals surface area (Å²) in [5, 5.41) is 0. The number of halogens is 4. The highest BCUT2D eigenvalue weighted by Crippen LogP contribution is 2.46. The Kier molecular flexibility index (Phi) is 10.7. The molecule has 1 saturated carbocycles. The van der Waals surface area contributed by atoms with Crippen molar-refractivity contribution < 1.29 is 27.0 Å². The molecule has 4 unspecified atom stereocenters. The Morgan fingerprint density at radius 1 is 0.974 bits per heavy atom. The van der Waals surface area contributed by atoms with Crippen molar-refractivity contribution in [2.75, 3.05) is 13.2 Å². The van der Waals surface area contributed by atoms with Crippen molar-refractivity contribution in [1.82, 2.24) is 0 Å². The first-order valence-corrected chi connectivity index (χ1v) is 14.9. The Morgan fingerprint density at radius 3 is 2.38 bits per heavy atom. The molecule has 1 aliphatic heterocycles. The van der Waals surface area contributed by atoms with Crippen molar-refractivity contribution >= 4 is 0 Å². The van der Waals surface area contributed by atoms with Crippen LogP contribution in [0.1, 0.15) is 84.5 Å². The zero-order valence-corrected chi connectivity index (χ0v) is 23.5. The first-order chi connectivity index (χ1) is 18.8. The third-order valence-corrected chi connectivity index (χ3v) is 9.11. The van der Waals surface area contributed by atoms with Gasteiger partial charge in [-0.15, -0.1) is 0 Å². The van der Waals surface area contributed by atoms with E-state index in [1.165, 1.54) is 25.7 Å². The van der Waals surface area contributed by atoms with Crippen LogP contribution < -0.4 is 0 Å². The molecule has 4 atom stereocenters. The minimum Gasteiger partial charge on any atom is -0.493 e. The van der Waals surface area contributed by atoms with E-state index in [1.54, 1.807) is 31.2 Å². The standard InChI is InChI=1S/C33H44F4O2/c1-4-6-7-8-22-10-13-24(14-11-22)27-16-15-25(30(34)31(27)35)19-38-21(3)9-12-23(5-2)26-17-18-28(29-20-39-29)33(37)32(26)36/h5,9,12,17,22,24-25,27-29H,3-4,6-8,10-11,13-16,18-20H2,1-2H3/b12-9-,23-5+. The third-order valence-electron chi connectivity index (χ3n) is 9.11. The third kappa shape index (κ3) is 7.56. The molecule has 2 nitrogen and oxygen atoms in total. The fourth-order valence-electron chi connectivity index (χ4n) is 6.52. The Bertz CT molecular complexity index is 1020. The number of hydrogen-bond donors (Lipinski definition) is 0. The van der Waals surface area contributed by atoms with Crippen molar-refractivity contribution in [1.29, 1.82) is 0 Å². The van der Waals surface area contributed by atoms with Crippen molar-refractivity contribution in [2.24, 2.45) is 29.6 Å². The predicted molar refractivity (Wildman–Crippen MR) is 148 cm³/mol. The lowest BCUT2D eigenvalue weighted by Gasteiger charge is -2.36. The summed E-state index contributed by atoms with van der Waals surface area (Å²) < 4.78 is 70.2. The molecular weight excluding hydrogens is 504 g/mol. The highest BCUT2D eigenvalue weighted by molar-refractivity contribution is 5.52. The molecule has 1 saturated heterocycles. The van der Waals surface area contributed by atoms with Crippen LogP contribution in [0.5, 0.6) is 0 Å². The number of allylic oxidation sites excluding steroid dienone is 8. The number of epoxide rings is 1. The maximum absolute atomic E-state index is 15.1. The van der Waals surface area contributed by atoms with Gasteiger partial charge in [0.15, 0.2) is 5.83 Å². The topological polar surface area (TPSA) is 21.8 Å². The van der Waals surface area contributed by atoms with Crippen LogP contribution in [0.15, 0.2) is 71.1 Å². The SMILES string of the molecule is C=C(/C=C\C(=C/C)C1=CCC(C2CO2)C(F)=C1F)OCC1CCC(C2CCC(CCCCC)CC2)C(F)=C1F. The second-order valence-electron chi connectivity index (χ2n) is 11.7. The van der Waals surface area contributed by atoms with E-state index in [4.69, 9.17) is 9.47 Å². The molecule has 0 aromatic carbocycles. The summed E-state index contributed by atoms with van der Waals surface area (Å²) >= 11 is 0. The van der Waals surface area contributed by atoms with Crippen LogP contribution in [-0.2, 0) is 9.47 Å². The van der Waals surface area contributed by atoms with E-state index in [0.717, 1.165) is 31.6 Å². The van der Waals surface area contributed by atoms with Gasteiger partial charge in [-0.05, 0) is 62.5 Å². The molecule has 39 heavy (non-hydrogen) atoms. The largest absolute Gasteiger partial charge is 0.493 e. The normalized spacial score (nSPS) is 32.1. The van der Waals surface area contributed by atoms with E-state index in [9.17, 15) is 8.78 Å². The molecule has 2 fully saturated rings. The van der Waals surface area contributed by atoms with Crippen molar-refractivity contribution in [3.63, 3.8) is 0 Å². The first-order valence-electron chi connectivity index (χ1n) is 14.9. The predicted octanol–water partition coefficient (Wildman–Crippen LogP) is 10.1. The summed E-state index contributed by atoms with van der Waals surface area (Å²) in [7, 11) is 0. The smallest absolute Gasteiger partial charge is 0.162 e. The number of hydrogen-bond acceptors (Lipinski definition) is 2. The van der Waals surface area contributed by atoms with Gasteiger partial charge in [0.1, 0.15) is 23.2 Å². The fraction of sp³-hybridized carbons (Fsp3) is 0.636. The summed E-state index contributed by atoms with van der Waals surface area (Å²) in [6.45, 7) is 8.27. The quantitative estimate of drug-likeness (QED) is 0.0796. The van der Waals surface area contributed by atoms with Gasteiger partial charge in [0.25, 0.3) is 0 Å². The average Bonchev–Trinajstić information content (AvgIpc) is 3.78. The minimum atomic E-state index is -0.865. The van der Waals surface area contributed by atoms with Crippen molar-refractivity contribution in [3.05, 3.63) is 71.1 Å². The summed E-state index contributed by atoms with van der Waals surface area (Å²) in [5.41, 5.74) is 0.695. The van der Waals surface area contributed by atoms with Gasteiger partial charge < -0.3 is 9.47 Å². The van der Waals surface area contributed by atoms with Crippen LogP contribution in [-0.4, -0.2) is 19.3 Å². The Hall–Kier alpha value is -2.08. The molecule has 0 aromatic heterocycles. The van der Waals surface area contributed by atoms with Crippen LogP contribution in [0.2, 0.25) is 0 Å². The Balaban J connectivity index is 1.26. The second kappa shape index (κ2) is 14.0. The van der Waals surface area contributed by atoms with E-state index >= 15 is 8.78 Å². The summed E-state index contributed by atoms with van der Waals surface area (Å²) in [5.74, 6) is -3.14. The lowest BCUT2D eigenvalue weighted by molar-refractivity contribution is 0.127. The van der Waals surface area contributed by atoms with Gasteiger partial charge >= 0.3 is 0 Å².